The molecule has 112 valence electrons. The first-order valence-electron chi connectivity index (χ1n) is 7.38. The fourth-order valence-electron chi connectivity index (χ4n) is 2.07. The summed E-state index contributed by atoms with van der Waals surface area (Å²) in [5.41, 5.74) is 2.39. The van der Waals surface area contributed by atoms with Gasteiger partial charge in [-0.1, -0.05) is 49.4 Å². The Bertz CT molecular complexity index is 558. The second kappa shape index (κ2) is 8.45. The smallest absolute Gasteiger partial charge is 0.130 e. The average molecular weight is 285 g/mol. The van der Waals surface area contributed by atoms with Gasteiger partial charge in [0.15, 0.2) is 0 Å². The van der Waals surface area contributed by atoms with Crippen molar-refractivity contribution in [3.05, 3.63) is 65.1 Å². The molecule has 21 heavy (non-hydrogen) atoms. The summed E-state index contributed by atoms with van der Waals surface area (Å²) in [5.74, 6) is 1.85. The standard InChI is InChI=1S/C18H23NO2/c1-3-19-13-17-12-18(21-15(17)2)14-20-11-7-10-16-8-5-4-6-9-16/h4-10,12,19H,3,11,13-14H2,1-2H3. The van der Waals surface area contributed by atoms with Crippen LogP contribution in [0.25, 0.3) is 6.08 Å². The van der Waals surface area contributed by atoms with Gasteiger partial charge in [0.25, 0.3) is 0 Å². The van der Waals surface area contributed by atoms with Gasteiger partial charge in [-0.2, -0.15) is 0 Å². The number of hydrogen-bond donors (Lipinski definition) is 1. The van der Waals surface area contributed by atoms with Crippen LogP contribution >= 0.6 is 0 Å². The van der Waals surface area contributed by atoms with Crippen molar-refractivity contribution in [3.8, 4) is 0 Å². The summed E-state index contributed by atoms with van der Waals surface area (Å²) in [6.45, 7) is 6.98. The lowest BCUT2D eigenvalue weighted by molar-refractivity contribution is 0.131. The quantitative estimate of drug-likeness (QED) is 0.746. The average Bonchev–Trinajstić information content (AvgIpc) is 2.86. The van der Waals surface area contributed by atoms with Crippen LogP contribution in [-0.4, -0.2) is 13.2 Å². The minimum atomic E-state index is 0.506. The van der Waals surface area contributed by atoms with Crippen molar-refractivity contribution in [2.75, 3.05) is 13.2 Å². The van der Waals surface area contributed by atoms with E-state index in [1.54, 1.807) is 0 Å². The van der Waals surface area contributed by atoms with Gasteiger partial charge in [-0.3, -0.25) is 0 Å². The van der Waals surface area contributed by atoms with Crippen LogP contribution in [-0.2, 0) is 17.9 Å². The van der Waals surface area contributed by atoms with Gasteiger partial charge in [0.05, 0.1) is 6.61 Å². The molecule has 2 aromatic rings. The van der Waals surface area contributed by atoms with Crippen LogP contribution in [0.2, 0.25) is 0 Å². The third-order valence-electron chi connectivity index (χ3n) is 3.21. The minimum absolute atomic E-state index is 0.506. The second-order valence-electron chi connectivity index (χ2n) is 4.90. The largest absolute Gasteiger partial charge is 0.464 e. The van der Waals surface area contributed by atoms with Gasteiger partial charge in [-0.25, -0.2) is 0 Å². The van der Waals surface area contributed by atoms with Gasteiger partial charge in [0, 0.05) is 12.1 Å². The highest BCUT2D eigenvalue weighted by Crippen LogP contribution is 2.15. The zero-order valence-corrected chi connectivity index (χ0v) is 12.8. The third-order valence-corrected chi connectivity index (χ3v) is 3.21. The summed E-state index contributed by atoms with van der Waals surface area (Å²) in [4.78, 5) is 0. The van der Waals surface area contributed by atoms with Crippen LogP contribution in [0.15, 0.2) is 46.9 Å². The van der Waals surface area contributed by atoms with E-state index in [1.807, 2.05) is 31.2 Å². The van der Waals surface area contributed by atoms with Gasteiger partial charge in [-0.15, -0.1) is 0 Å². The highest BCUT2D eigenvalue weighted by molar-refractivity contribution is 5.48. The van der Waals surface area contributed by atoms with Crippen LogP contribution in [0.5, 0.6) is 0 Å². The van der Waals surface area contributed by atoms with E-state index in [9.17, 15) is 0 Å². The zero-order valence-electron chi connectivity index (χ0n) is 12.8. The molecule has 3 nitrogen and oxygen atoms in total. The highest BCUT2D eigenvalue weighted by atomic mass is 16.5. The number of furan rings is 1. The molecule has 1 aromatic heterocycles. The van der Waals surface area contributed by atoms with Crippen LogP contribution in [0.4, 0.5) is 0 Å². The Balaban J connectivity index is 1.75. The molecule has 0 aliphatic rings. The van der Waals surface area contributed by atoms with E-state index in [2.05, 4.69) is 36.5 Å². The van der Waals surface area contributed by atoms with Gasteiger partial charge < -0.3 is 14.5 Å². The summed E-state index contributed by atoms with van der Waals surface area (Å²) in [5, 5.41) is 3.30. The van der Waals surface area contributed by atoms with Crippen molar-refractivity contribution >= 4 is 6.08 Å². The van der Waals surface area contributed by atoms with Crippen LogP contribution < -0.4 is 5.32 Å². The zero-order chi connectivity index (χ0) is 14.9. The molecule has 0 aliphatic heterocycles. The Morgan fingerprint density at radius 1 is 1.24 bits per heavy atom. The van der Waals surface area contributed by atoms with Gasteiger partial charge in [0.1, 0.15) is 18.1 Å². The van der Waals surface area contributed by atoms with E-state index in [-0.39, 0.29) is 0 Å². The Kier molecular flexibility index (Phi) is 6.25. The van der Waals surface area contributed by atoms with Gasteiger partial charge in [-0.05, 0) is 25.1 Å². The predicted octanol–water partition coefficient (Wildman–Crippen LogP) is 3.93. The summed E-state index contributed by atoms with van der Waals surface area (Å²) < 4.78 is 11.3. The fraction of sp³-hybridized carbons (Fsp3) is 0.333. The van der Waals surface area contributed by atoms with E-state index >= 15 is 0 Å². The van der Waals surface area contributed by atoms with Gasteiger partial charge in [0.2, 0.25) is 0 Å². The predicted molar refractivity (Wildman–Crippen MR) is 86.0 cm³/mol. The minimum Gasteiger partial charge on any atom is -0.464 e. The molecule has 2 rings (SSSR count). The summed E-state index contributed by atoms with van der Waals surface area (Å²) in [6.07, 6.45) is 4.08. The maximum atomic E-state index is 5.69. The first-order chi connectivity index (χ1) is 10.3. The van der Waals surface area contributed by atoms with Crippen molar-refractivity contribution < 1.29 is 9.15 Å². The summed E-state index contributed by atoms with van der Waals surface area (Å²) in [6, 6.07) is 12.3. The Labute approximate surface area is 126 Å². The lowest BCUT2D eigenvalue weighted by Crippen LogP contribution is -2.11. The number of benzene rings is 1. The molecule has 1 aromatic carbocycles. The van der Waals surface area contributed by atoms with E-state index < -0.39 is 0 Å². The molecule has 0 radical (unpaired) electrons. The maximum Gasteiger partial charge on any atom is 0.130 e. The first kappa shape index (κ1) is 15.5. The van der Waals surface area contributed by atoms with Crippen molar-refractivity contribution in [1.82, 2.24) is 5.32 Å². The molecule has 0 aliphatic carbocycles. The van der Waals surface area contributed by atoms with Gasteiger partial charge >= 0.3 is 0 Å². The lowest BCUT2D eigenvalue weighted by Gasteiger charge is -1.97. The molecule has 0 bridgehead atoms. The molecule has 0 spiro atoms. The molecule has 1 N–H and O–H groups in total. The molecule has 0 unspecified atom stereocenters. The molecule has 1 heterocycles. The molecule has 0 atom stereocenters. The Hall–Kier alpha value is -1.84. The molecular weight excluding hydrogens is 262 g/mol. The van der Waals surface area contributed by atoms with E-state index in [4.69, 9.17) is 9.15 Å². The van der Waals surface area contributed by atoms with Crippen molar-refractivity contribution in [2.45, 2.75) is 27.0 Å². The van der Waals surface area contributed by atoms with Crippen molar-refractivity contribution in [2.24, 2.45) is 0 Å². The number of nitrogens with one attached hydrogen (secondary N) is 1. The second-order valence-corrected chi connectivity index (χ2v) is 4.90. The number of hydrogen-bond acceptors (Lipinski definition) is 3. The monoisotopic (exact) mass is 285 g/mol. The maximum absolute atomic E-state index is 5.69. The normalized spacial score (nSPS) is 11.3. The van der Waals surface area contributed by atoms with E-state index in [0.29, 0.717) is 13.2 Å². The lowest BCUT2D eigenvalue weighted by atomic mass is 10.2. The molecule has 0 saturated heterocycles. The van der Waals surface area contributed by atoms with Crippen LogP contribution in [0.1, 0.15) is 29.6 Å². The Morgan fingerprint density at radius 2 is 2.05 bits per heavy atom. The topological polar surface area (TPSA) is 34.4 Å². The first-order valence-corrected chi connectivity index (χ1v) is 7.38. The SMILES string of the molecule is CCNCc1cc(COCC=Cc2ccccc2)oc1C. The summed E-state index contributed by atoms with van der Waals surface area (Å²) in [7, 11) is 0. The van der Waals surface area contributed by atoms with Crippen LogP contribution in [0, 0.1) is 6.92 Å². The number of rotatable bonds is 8. The molecule has 0 amide bonds. The van der Waals surface area contributed by atoms with Crippen molar-refractivity contribution in [3.63, 3.8) is 0 Å². The van der Waals surface area contributed by atoms with Crippen LogP contribution in [0.3, 0.4) is 0 Å². The molecule has 3 heteroatoms. The van der Waals surface area contributed by atoms with Crippen molar-refractivity contribution in [1.29, 1.82) is 0 Å². The Morgan fingerprint density at radius 3 is 2.81 bits per heavy atom. The van der Waals surface area contributed by atoms with E-state index in [1.165, 1.54) is 11.1 Å². The molecule has 0 saturated carbocycles. The summed E-state index contributed by atoms with van der Waals surface area (Å²) >= 11 is 0. The fourth-order valence-corrected chi connectivity index (χ4v) is 2.07. The number of ether oxygens (including phenoxy) is 1. The molecule has 0 fully saturated rings. The molecular formula is C18H23NO2. The number of aryl methyl sites for hydroxylation is 1. The highest BCUT2D eigenvalue weighted by Gasteiger charge is 2.06. The third kappa shape index (κ3) is 5.21. The van der Waals surface area contributed by atoms with E-state index in [0.717, 1.165) is 24.6 Å².